The van der Waals surface area contributed by atoms with Gasteiger partial charge >= 0.3 is 0 Å². The molecule has 0 aliphatic carbocycles. The third kappa shape index (κ3) is 5.27. The first-order chi connectivity index (χ1) is 3.31. The number of hydrogen-bond acceptors (Lipinski definition) is 2. The number of rotatable bonds is 3. The largest absolute Gasteiger partial charge is 0.0806 e. The van der Waals surface area contributed by atoms with E-state index in [0.717, 1.165) is 5.75 Å². The summed E-state index contributed by atoms with van der Waals surface area (Å²) in [6.45, 7) is 2.08. The van der Waals surface area contributed by atoms with Crippen molar-refractivity contribution in [2.45, 2.75) is 12.2 Å². The third-order valence-electron chi connectivity index (χ3n) is 0.467. The first-order valence-corrected chi connectivity index (χ1v) is 5.56. The molecular formula is C3H6S4. The Morgan fingerprint density at radius 2 is 2.14 bits per heavy atom. The van der Waals surface area contributed by atoms with Crippen molar-refractivity contribution in [1.29, 1.82) is 0 Å². The van der Waals surface area contributed by atoms with Crippen LogP contribution >= 0.6 is 44.9 Å². The second-order valence-corrected chi connectivity index (χ2v) is 4.04. The summed E-state index contributed by atoms with van der Waals surface area (Å²) in [5.74, 6) is 0.990. The molecule has 0 nitrogen and oxygen atoms in total. The lowest BCUT2D eigenvalue weighted by Gasteiger charge is -1.98. The average molecular weight is 170 g/mol. The molecule has 7 heavy (non-hydrogen) atoms. The van der Waals surface area contributed by atoms with Crippen LogP contribution in [0.25, 0.3) is 0 Å². The third-order valence-corrected chi connectivity index (χ3v) is 3.20. The van der Waals surface area contributed by atoms with E-state index in [-0.39, 0.29) is 0 Å². The van der Waals surface area contributed by atoms with Crippen molar-refractivity contribution >= 4 is 44.9 Å². The highest BCUT2D eigenvalue weighted by Gasteiger charge is 1.96. The summed E-state index contributed by atoms with van der Waals surface area (Å²) in [5, 5.41) is 0.539. The normalized spacial score (nSPS) is 14.1. The molecule has 2 radical (unpaired) electrons. The summed E-state index contributed by atoms with van der Waals surface area (Å²) in [4.78, 5) is 0. The Balaban J connectivity index is 2.83. The summed E-state index contributed by atoms with van der Waals surface area (Å²) in [7, 11) is 2.88. The van der Waals surface area contributed by atoms with Gasteiger partial charge in [0.15, 0.2) is 0 Å². The Bertz CT molecular complexity index is 37.9. The fourth-order valence-electron chi connectivity index (χ4n) is 0.124. The van der Waals surface area contributed by atoms with Gasteiger partial charge in [-0.1, -0.05) is 28.5 Å². The van der Waals surface area contributed by atoms with E-state index < -0.39 is 0 Å². The van der Waals surface area contributed by atoms with Crippen molar-refractivity contribution in [1.82, 2.24) is 0 Å². The molecule has 0 aromatic carbocycles. The van der Waals surface area contributed by atoms with E-state index in [1.165, 1.54) is 21.6 Å². The summed E-state index contributed by atoms with van der Waals surface area (Å²) >= 11 is 9.35. The zero-order valence-electron chi connectivity index (χ0n) is 3.92. The zero-order chi connectivity index (χ0) is 5.70. The molecule has 0 fully saturated rings. The van der Waals surface area contributed by atoms with Gasteiger partial charge in [-0.05, 0) is 23.3 Å². The Morgan fingerprint density at radius 3 is 2.29 bits per heavy atom. The van der Waals surface area contributed by atoms with Gasteiger partial charge in [0, 0.05) is 11.0 Å². The molecule has 1 unspecified atom stereocenters. The maximum Gasteiger partial charge on any atom is 0.0230 e. The van der Waals surface area contributed by atoms with Gasteiger partial charge < -0.3 is 0 Å². The van der Waals surface area contributed by atoms with Crippen LogP contribution in [0.1, 0.15) is 6.92 Å². The van der Waals surface area contributed by atoms with E-state index in [0.29, 0.717) is 5.25 Å². The second kappa shape index (κ2) is 5.54. The molecular weight excluding hydrogens is 164 g/mol. The molecule has 0 saturated carbocycles. The Kier molecular flexibility index (Phi) is 6.64. The molecule has 42 valence electrons. The Labute approximate surface area is 62.8 Å². The van der Waals surface area contributed by atoms with Gasteiger partial charge in [-0.25, -0.2) is 0 Å². The molecule has 0 aliphatic heterocycles. The summed E-state index contributed by atoms with van der Waals surface area (Å²) < 4.78 is 0. The summed E-state index contributed by atoms with van der Waals surface area (Å²) in [5.41, 5.74) is 0. The van der Waals surface area contributed by atoms with Crippen LogP contribution in [0.15, 0.2) is 0 Å². The molecule has 0 aromatic rings. The van der Waals surface area contributed by atoms with Gasteiger partial charge in [0.25, 0.3) is 0 Å². The highest BCUT2D eigenvalue weighted by atomic mass is 33.1. The van der Waals surface area contributed by atoms with Crippen LogP contribution in [0, 0.1) is 0 Å². The predicted molar refractivity (Wildman–Crippen MR) is 44.7 cm³/mol. The van der Waals surface area contributed by atoms with Crippen LogP contribution in [0.5, 0.6) is 0 Å². The standard InChI is InChI=1S/C3H6S4/c1-3(7-5)2-6-4/h3H,2H2,1H3. The maximum atomic E-state index is 4.70. The van der Waals surface area contributed by atoms with Gasteiger partial charge in [0.2, 0.25) is 0 Å². The minimum atomic E-state index is 0.539. The van der Waals surface area contributed by atoms with E-state index >= 15 is 0 Å². The molecule has 0 aliphatic rings. The lowest BCUT2D eigenvalue weighted by atomic mass is 10.6. The highest BCUT2D eigenvalue weighted by Crippen LogP contribution is 2.19. The lowest BCUT2D eigenvalue weighted by molar-refractivity contribution is 1.15. The van der Waals surface area contributed by atoms with Crippen LogP contribution in [-0.2, 0) is 0 Å². The van der Waals surface area contributed by atoms with E-state index in [1.54, 1.807) is 0 Å². The van der Waals surface area contributed by atoms with Crippen LogP contribution in [0.4, 0.5) is 0 Å². The van der Waals surface area contributed by atoms with Crippen LogP contribution in [-0.4, -0.2) is 11.0 Å². The quantitative estimate of drug-likeness (QED) is 0.597. The van der Waals surface area contributed by atoms with Crippen LogP contribution in [0.3, 0.4) is 0 Å². The fraction of sp³-hybridized carbons (Fsp3) is 1.00. The van der Waals surface area contributed by atoms with Crippen molar-refractivity contribution in [3.8, 4) is 0 Å². The van der Waals surface area contributed by atoms with E-state index in [4.69, 9.17) is 11.7 Å². The smallest absolute Gasteiger partial charge is 0.0230 e. The SMILES string of the molecule is CC(CS[S])S[S]. The minimum absolute atomic E-state index is 0.539. The molecule has 0 amide bonds. The van der Waals surface area contributed by atoms with E-state index in [2.05, 4.69) is 18.6 Å². The highest BCUT2D eigenvalue weighted by molar-refractivity contribution is 8.70. The fourth-order valence-corrected chi connectivity index (χ4v) is 2.11. The van der Waals surface area contributed by atoms with Crippen LogP contribution < -0.4 is 0 Å². The van der Waals surface area contributed by atoms with Crippen molar-refractivity contribution < 1.29 is 0 Å². The summed E-state index contributed by atoms with van der Waals surface area (Å²) in [6, 6.07) is 0. The molecule has 0 spiro atoms. The maximum absolute atomic E-state index is 4.70. The topological polar surface area (TPSA) is 0 Å². The van der Waals surface area contributed by atoms with Crippen molar-refractivity contribution in [2.24, 2.45) is 0 Å². The molecule has 0 N–H and O–H groups in total. The predicted octanol–water partition coefficient (Wildman–Crippen LogP) is 3.07. The summed E-state index contributed by atoms with van der Waals surface area (Å²) in [6.07, 6.45) is 0. The number of hydrogen-bond donors (Lipinski definition) is 0. The first kappa shape index (κ1) is 8.40. The lowest BCUT2D eigenvalue weighted by Crippen LogP contribution is -1.93. The van der Waals surface area contributed by atoms with Gasteiger partial charge in [-0.2, -0.15) is 0 Å². The van der Waals surface area contributed by atoms with Crippen LogP contribution in [0.2, 0.25) is 0 Å². The Morgan fingerprint density at radius 1 is 1.57 bits per heavy atom. The Hall–Kier alpha value is 1.40. The van der Waals surface area contributed by atoms with Crippen molar-refractivity contribution in [3.05, 3.63) is 0 Å². The minimum Gasteiger partial charge on any atom is -0.0806 e. The van der Waals surface area contributed by atoms with Gasteiger partial charge in [0.1, 0.15) is 0 Å². The average Bonchev–Trinajstić information content (AvgIpc) is 1.68. The molecule has 0 aromatic heterocycles. The monoisotopic (exact) mass is 170 g/mol. The van der Waals surface area contributed by atoms with Crippen molar-refractivity contribution in [3.63, 3.8) is 0 Å². The molecule has 0 rings (SSSR count). The first-order valence-electron chi connectivity index (χ1n) is 1.84. The second-order valence-electron chi connectivity index (χ2n) is 1.19. The van der Waals surface area contributed by atoms with E-state index in [1.807, 2.05) is 0 Å². The zero-order valence-corrected chi connectivity index (χ0v) is 7.18. The molecule has 4 heteroatoms. The van der Waals surface area contributed by atoms with Gasteiger partial charge in [-0.3, -0.25) is 0 Å². The van der Waals surface area contributed by atoms with E-state index in [9.17, 15) is 0 Å². The van der Waals surface area contributed by atoms with Crippen molar-refractivity contribution in [2.75, 3.05) is 5.75 Å². The molecule has 1 atom stereocenters. The molecule has 0 saturated heterocycles. The van der Waals surface area contributed by atoms with Gasteiger partial charge in [0.05, 0.1) is 0 Å². The molecule has 0 bridgehead atoms. The van der Waals surface area contributed by atoms with Gasteiger partial charge in [-0.15, -0.1) is 0 Å². The molecule has 0 heterocycles.